The quantitative estimate of drug-likeness (QED) is 0.829. The molecular formula is C13H9BrCl2N2O3. The number of nitrogens with one attached hydrogen (secondary N) is 1. The molecule has 1 amide bonds. The highest BCUT2D eigenvalue weighted by Crippen LogP contribution is 2.26. The van der Waals surface area contributed by atoms with Gasteiger partial charge in [0.15, 0.2) is 0 Å². The molecule has 0 aliphatic rings. The Morgan fingerprint density at radius 1 is 1.24 bits per heavy atom. The van der Waals surface area contributed by atoms with Crippen LogP contribution < -0.4 is 5.32 Å². The van der Waals surface area contributed by atoms with E-state index >= 15 is 0 Å². The van der Waals surface area contributed by atoms with Crippen LogP contribution in [0.1, 0.15) is 20.8 Å². The van der Waals surface area contributed by atoms with E-state index in [1.54, 1.807) is 13.1 Å². The molecule has 2 aromatic rings. The Hall–Kier alpha value is -1.50. The van der Waals surface area contributed by atoms with E-state index in [0.29, 0.717) is 10.2 Å². The molecule has 0 saturated carbocycles. The largest absolute Gasteiger partial charge is 0.478 e. The van der Waals surface area contributed by atoms with Gasteiger partial charge in [0.2, 0.25) is 0 Å². The van der Waals surface area contributed by atoms with E-state index in [0.717, 1.165) is 0 Å². The highest BCUT2D eigenvalue weighted by atomic mass is 79.9. The number of hydrogen-bond acceptors (Lipinski definition) is 2. The number of aromatic carboxylic acids is 1. The molecule has 21 heavy (non-hydrogen) atoms. The van der Waals surface area contributed by atoms with Crippen molar-refractivity contribution < 1.29 is 14.7 Å². The lowest BCUT2D eigenvalue weighted by molar-refractivity contribution is 0.0696. The molecule has 0 fully saturated rings. The maximum atomic E-state index is 12.2. The van der Waals surface area contributed by atoms with E-state index in [4.69, 9.17) is 28.3 Å². The fourth-order valence-electron chi connectivity index (χ4n) is 1.74. The smallest absolute Gasteiger partial charge is 0.335 e. The van der Waals surface area contributed by atoms with Gasteiger partial charge in [-0.1, -0.05) is 39.1 Å². The summed E-state index contributed by atoms with van der Waals surface area (Å²) in [7, 11) is 1.60. The summed E-state index contributed by atoms with van der Waals surface area (Å²) in [5.41, 5.74) is 0.671. The minimum Gasteiger partial charge on any atom is -0.478 e. The Morgan fingerprint density at radius 2 is 1.90 bits per heavy atom. The summed E-state index contributed by atoms with van der Waals surface area (Å²) in [6.45, 7) is 0. The molecule has 1 heterocycles. The molecule has 0 aliphatic heterocycles. The first kappa shape index (κ1) is 15.9. The second-order valence-corrected chi connectivity index (χ2v) is 5.90. The summed E-state index contributed by atoms with van der Waals surface area (Å²) in [6.07, 6.45) is 0. The lowest BCUT2D eigenvalue weighted by atomic mass is 10.2. The second kappa shape index (κ2) is 6.09. The molecule has 110 valence electrons. The number of hydrogen-bond donors (Lipinski definition) is 2. The zero-order chi connectivity index (χ0) is 15.7. The van der Waals surface area contributed by atoms with Crippen LogP contribution in [0.4, 0.5) is 5.69 Å². The van der Waals surface area contributed by atoms with Crippen molar-refractivity contribution in [2.24, 2.45) is 7.05 Å². The van der Waals surface area contributed by atoms with Gasteiger partial charge in [-0.15, -0.1) is 0 Å². The minimum absolute atomic E-state index is 0.0580. The van der Waals surface area contributed by atoms with Crippen molar-refractivity contribution in [1.29, 1.82) is 0 Å². The van der Waals surface area contributed by atoms with E-state index in [1.807, 2.05) is 0 Å². The zero-order valence-corrected chi connectivity index (χ0v) is 13.8. The fraction of sp³-hybridized carbons (Fsp3) is 0.0769. The fourth-order valence-corrected chi connectivity index (χ4v) is 2.61. The van der Waals surface area contributed by atoms with Gasteiger partial charge in [0, 0.05) is 17.2 Å². The van der Waals surface area contributed by atoms with Crippen molar-refractivity contribution in [3.05, 3.63) is 50.2 Å². The van der Waals surface area contributed by atoms with Gasteiger partial charge in [0.25, 0.3) is 5.91 Å². The van der Waals surface area contributed by atoms with Crippen molar-refractivity contribution >= 4 is 56.7 Å². The summed E-state index contributed by atoms with van der Waals surface area (Å²) in [6, 6.07) is 5.83. The van der Waals surface area contributed by atoms with Crippen LogP contribution in [0.2, 0.25) is 10.2 Å². The van der Waals surface area contributed by atoms with E-state index in [-0.39, 0.29) is 21.4 Å². The van der Waals surface area contributed by atoms with Gasteiger partial charge in [0.1, 0.15) is 10.8 Å². The number of rotatable bonds is 3. The van der Waals surface area contributed by atoms with E-state index in [1.165, 1.54) is 22.8 Å². The first-order chi connectivity index (χ1) is 9.79. The molecule has 2 rings (SSSR count). The van der Waals surface area contributed by atoms with Crippen molar-refractivity contribution in [2.75, 3.05) is 5.32 Å². The van der Waals surface area contributed by atoms with E-state index in [9.17, 15) is 9.59 Å². The number of carboxylic acids is 1. The van der Waals surface area contributed by atoms with Gasteiger partial charge in [-0.2, -0.15) is 0 Å². The van der Waals surface area contributed by atoms with Crippen LogP contribution in [0.25, 0.3) is 0 Å². The Labute approximate surface area is 138 Å². The van der Waals surface area contributed by atoms with Crippen LogP contribution in [0, 0.1) is 0 Å². The molecule has 5 nitrogen and oxygen atoms in total. The molecule has 0 spiro atoms. The molecular weight excluding hydrogens is 383 g/mol. The average molecular weight is 392 g/mol. The Morgan fingerprint density at radius 3 is 2.43 bits per heavy atom. The van der Waals surface area contributed by atoms with Crippen molar-refractivity contribution in [3.8, 4) is 0 Å². The highest BCUT2D eigenvalue weighted by molar-refractivity contribution is 9.10. The number of benzene rings is 1. The lowest BCUT2D eigenvalue weighted by Gasteiger charge is -2.08. The van der Waals surface area contributed by atoms with E-state index in [2.05, 4.69) is 21.2 Å². The predicted octanol–water partition coefficient (Wildman–Crippen LogP) is 4.04. The number of carbonyl (C=O) groups excluding carboxylic acids is 1. The zero-order valence-electron chi connectivity index (χ0n) is 10.7. The first-order valence-electron chi connectivity index (χ1n) is 5.65. The maximum Gasteiger partial charge on any atom is 0.335 e. The standard InChI is InChI=1S/C13H9BrCl2N2O3/c1-18-10(5-9(15)11(18)16)12(19)17-8-3-6(13(20)21)2-7(14)4-8/h2-5H,1H3,(H,17,19)(H,20,21). The molecule has 0 bridgehead atoms. The van der Waals surface area contributed by atoms with Gasteiger partial charge in [-0.05, 0) is 24.3 Å². The molecule has 0 radical (unpaired) electrons. The number of carbonyl (C=O) groups is 2. The van der Waals surface area contributed by atoms with Crippen LogP contribution >= 0.6 is 39.1 Å². The molecule has 8 heteroatoms. The van der Waals surface area contributed by atoms with E-state index < -0.39 is 11.9 Å². The number of aromatic nitrogens is 1. The summed E-state index contributed by atoms with van der Waals surface area (Å²) >= 11 is 15.0. The molecule has 0 unspecified atom stereocenters. The maximum absolute atomic E-state index is 12.2. The highest BCUT2D eigenvalue weighted by Gasteiger charge is 2.16. The van der Waals surface area contributed by atoms with Crippen LogP contribution in [0.15, 0.2) is 28.7 Å². The van der Waals surface area contributed by atoms with Crippen molar-refractivity contribution in [1.82, 2.24) is 4.57 Å². The predicted molar refractivity (Wildman–Crippen MR) is 84.5 cm³/mol. The summed E-state index contributed by atoms with van der Waals surface area (Å²) in [5.74, 6) is -1.53. The Bertz CT molecular complexity index is 743. The second-order valence-electron chi connectivity index (χ2n) is 4.22. The normalized spacial score (nSPS) is 10.5. The number of anilines is 1. The molecule has 1 aromatic carbocycles. The van der Waals surface area contributed by atoms with Crippen LogP contribution in [0.5, 0.6) is 0 Å². The van der Waals surface area contributed by atoms with Crippen LogP contribution in [0.3, 0.4) is 0 Å². The summed E-state index contributed by atoms with van der Waals surface area (Å²) in [4.78, 5) is 23.2. The molecule has 0 atom stereocenters. The lowest BCUT2D eigenvalue weighted by Crippen LogP contribution is -2.16. The van der Waals surface area contributed by atoms with Gasteiger partial charge in [0.05, 0.1) is 10.6 Å². The number of amides is 1. The van der Waals surface area contributed by atoms with Crippen molar-refractivity contribution in [2.45, 2.75) is 0 Å². The van der Waals surface area contributed by atoms with Gasteiger partial charge in [-0.3, -0.25) is 4.79 Å². The van der Waals surface area contributed by atoms with Crippen molar-refractivity contribution in [3.63, 3.8) is 0 Å². The number of halogens is 3. The third kappa shape index (κ3) is 3.40. The first-order valence-corrected chi connectivity index (χ1v) is 7.20. The Kier molecular flexibility index (Phi) is 4.61. The van der Waals surface area contributed by atoms with Gasteiger partial charge in [-0.25, -0.2) is 4.79 Å². The van der Waals surface area contributed by atoms with Gasteiger partial charge < -0.3 is 15.0 Å². The number of nitrogens with zero attached hydrogens (tertiary/aromatic N) is 1. The van der Waals surface area contributed by atoms with Gasteiger partial charge >= 0.3 is 5.97 Å². The number of carboxylic acid groups (broad SMARTS) is 1. The Balaban J connectivity index is 2.31. The summed E-state index contributed by atoms with van der Waals surface area (Å²) in [5, 5.41) is 12.1. The minimum atomic E-state index is -1.09. The molecule has 2 N–H and O–H groups in total. The SMILES string of the molecule is Cn1c(C(=O)Nc2cc(Br)cc(C(=O)O)c2)cc(Cl)c1Cl. The van der Waals surface area contributed by atoms with Crippen LogP contribution in [-0.2, 0) is 7.05 Å². The molecule has 0 aliphatic carbocycles. The topological polar surface area (TPSA) is 71.3 Å². The third-order valence-electron chi connectivity index (χ3n) is 2.75. The molecule has 0 saturated heterocycles. The molecule has 1 aromatic heterocycles. The summed E-state index contributed by atoms with van der Waals surface area (Å²) < 4.78 is 1.98. The monoisotopic (exact) mass is 390 g/mol. The average Bonchev–Trinajstić information content (AvgIpc) is 2.66. The third-order valence-corrected chi connectivity index (χ3v) is 4.05. The van der Waals surface area contributed by atoms with Crippen LogP contribution in [-0.4, -0.2) is 21.6 Å².